The van der Waals surface area contributed by atoms with Gasteiger partial charge in [0.1, 0.15) is 11.6 Å². The van der Waals surface area contributed by atoms with E-state index in [0.717, 1.165) is 38.9 Å². The summed E-state index contributed by atoms with van der Waals surface area (Å²) in [4.78, 5) is 43.6. The van der Waals surface area contributed by atoms with E-state index < -0.39 is 0 Å². The molecule has 3 heterocycles. The largest absolute Gasteiger partial charge is 0.213 e. The Balaban J connectivity index is 1.36. The molecule has 0 aliphatic rings. The Bertz CT molecular complexity index is 2270. The lowest BCUT2D eigenvalue weighted by Gasteiger charge is -2.12. The fraction of sp³-hybridized carbons (Fsp3) is 0.0488. The van der Waals surface area contributed by atoms with Crippen LogP contribution in [0.25, 0.3) is 79.7 Å². The molecule has 0 amide bonds. The van der Waals surface area contributed by atoms with Gasteiger partial charge in [-0.1, -0.05) is 121 Å². The number of benzene rings is 5. The van der Waals surface area contributed by atoms with Crippen LogP contribution < -0.4 is 0 Å². The first-order valence-corrected chi connectivity index (χ1v) is 16.1. The van der Waals surface area contributed by atoms with Crippen LogP contribution in [0, 0.1) is 13.8 Å². The van der Waals surface area contributed by atoms with E-state index in [-0.39, 0.29) is 0 Å². The Morgan fingerprint density at radius 2 is 0.440 bits per heavy atom. The average molecular weight is 648 g/mol. The monoisotopic (exact) mass is 647 g/mol. The Hall–Kier alpha value is -6.87. The molecule has 9 heteroatoms. The van der Waals surface area contributed by atoms with Gasteiger partial charge in [-0.3, -0.25) is 0 Å². The molecule has 5 aromatic carbocycles. The third kappa shape index (κ3) is 6.48. The summed E-state index contributed by atoms with van der Waals surface area (Å²) in [6.07, 6.45) is 0. The summed E-state index contributed by atoms with van der Waals surface area (Å²) >= 11 is 0. The first-order chi connectivity index (χ1) is 24.6. The summed E-state index contributed by atoms with van der Waals surface area (Å²) in [6, 6.07) is 45.6. The van der Waals surface area contributed by atoms with Gasteiger partial charge in [-0.25, -0.2) is 44.9 Å². The summed E-state index contributed by atoms with van der Waals surface area (Å²) in [5.41, 5.74) is 5.76. The molecule has 0 radical (unpaired) electrons. The van der Waals surface area contributed by atoms with E-state index in [0.29, 0.717) is 52.4 Å². The topological polar surface area (TPSA) is 116 Å². The molecule has 9 nitrogen and oxygen atoms in total. The Morgan fingerprint density at radius 3 is 0.700 bits per heavy atom. The third-order valence-corrected chi connectivity index (χ3v) is 7.97. The van der Waals surface area contributed by atoms with Crippen LogP contribution in [0.4, 0.5) is 0 Å². The summed E-state index contributed by atoms with van der Waals surface area (Å²) in [5.74, 6) is 4.99. The average Bonchev–Trinajstić information content (AvgIpc) is 3.18. The molecule has 0 saturated carbocycles. The van der Waals surface area contributed by atoms with Gasteiger partial charge in [-0.2, -0.15) is 0 Å². The molecule has 0 unspecified atom stereocenters. The predicted octanol–water partition coefficient (Wildman–Crippen LogP) is 8.53. The van der Waals surface area contributed by atoms with E-state index in [4.69, 9.17) is 34.9 Å². The predicted molar refractivity (Wildman–Crippen MR) is 194 cm³/mol. The third-order valence-electron chi connectivity index (χ3n) is 7.97. The molecule has 0 N–H and O–H groups in total. The van der Waals surface area contributed by atoms with E-state index in [1.807, 2.05) is 153 Å². The van der Waals surface area contributed by atoms with Crippen molar-refractivity contribution in [3.8, 4) is 79.7 Å². The molecule has 238 valence electrons. The highest BCUT2D eigenvalue weighted by molar-refractivity contribution is 5.77. The molecular weight excluding hydrogens is 619 g/mol. The van der Waals surface area contributed by atoms with E-state index in [1.165, 1.54) is 0 Å². The minimum Gasteiger partial charge on any atom is -0.213 e. The highest BCUT2D eigenvalue weighted by Crippen LogP contribution is 2.32. The molecule has 50 heavy (non-hydrogen) atoms. The summed E-state index contributed by atoms with van der Waals surface area (Å²) < 4.78 is 0. The van der Waals surface area contributed by atoms with Crippen molar-refractivity contribution < 1.29 is 0 Å². The zero-order valence-corrected chi connectivity index (χ0v) is 27.3. The van der Waals surface area contributed by atoms with Crippen LogP contribution in [0.5, 0.6) is 0 Å². The number of rotatable bonds is 7. The van der Waals surface area contributed by atoms with Gasteiger partial charge in [0, 0.05) is 38.9 Å². The van der Waals surface area contributed by atoms with Gasteiger partial charge in [0.2, 0.25) is 0 Å². The second-order valence-electron chi connectivity index (χ2n) is 11.6. The second kappa shape index (κ2) is 13.3. The van der Waals surface area contributed by atoms with Crippen molar-refractivity contribution in [2.75, 3.05) is 0 Å². The molecule has 0 aliphatic heterocycles. The van der Waals surface area contributed by atoms with Crippen LogP contribution in [0.3, 0.4) is 0 Å². The van der Waals surface area contributed by atoms with Gasteiger partial charge >= 0.3 is 0 Å². The quantitative estimate of drug-likeness (QED) is 0.168. The van der Waals surface area contributed by atoms with Crippen molar-refractivity contribution in [2.45, 2.75) is 13.8 Å². The summed E-state index contributed by atoms with van der Waals surface area (Å²) in [7, 11) is 0. The maximum Gasteiger partial charge on any atom is 0.164 e. The van der Waals surface area contributed by atoms with Crippen LogP contribution >= 0.6 is 0 Å². The van der Waals surface area contributed by atoms with Crippen LogP contribution in [-0.4, -0.2) is 44.9 Å². The smallest absolute Gasteiger partial charge is 0.164 e. The first-order valence-electron chi connectivity index (χ1n) is 16.1. The zero-order valence-electron chi connectivity index (χ0n) is 27.3. The molecule has 8 aromatic rings. The fourth-order valence-electron chi connectivity index (χ4n) is 5.61. The molecule has 0 fully saturated rings. The van der Waals surface area contributed by atoms with E-state index >= 15 is 0 Å². The van der Waals surface area contributed by atoms with Gasteiger partial charge in [0.15, 0.2) is 40.8 Å². The number of nitrogens with zero attached hydrogens (tertiary/aromatic N) is 9. The van der Waals surface area contributed by atoms with Gasteiger partial charge in [-0.05, 0) is 32.0 Å². The number of hydrogen-bond acceptors (Lipinski definition) is 9. The van der Waals surface area contributed by atoms with Crippen LogP contribution in [-0.2, 0) is 0 Å². The van der Waals surface area contributed by atoms with Gasteiger partial charge in [0.05, 0.1) is 0 Å². The Labute approximate surface area is 289 Å². The number of aryl methyl sites for hydroxylation is 2. The van der Waals surface area contributed by atoms with Gasteiger partial charge in [0.25, 0.3) is 0 Å². The maximum absolute atomic E-state index is 5.01. The molecular formula is C41H29N9. The zero-order chi connectivity index (χ0) is 33.9. The van der Waals surface area contributed by atoms with Crippen molar-refractivity contribution in [2.24, 2.45) is 0 Å². The van der Waals surface area contributed by atoms with Crippen LogP contribution in [0.15, 0.2) is 140 Å². The SMILES string of the molecule is Cc1nc(-c2ccccc2)nc(-c2cc(-c3nc(C)nc(-c4ccccc4)n3)cc(-c3nc(-c4ccccc4)nc(-c4ccccc4)n3)c2)n1. The lowest BCUT2D eigenvalue weighted by molar-refractivity contribution is 0.987. The number of aromatic nitrogens is 9. The van der Waals surface area contributed by atoms with E-state index in [1.54, 1.807) is 0 Å². The van der Waals surface area contributed by atoms with Crippen molar-refractivity contribution in [1.82, 2.24) is 44.9 Å². The number of hydrogen-bond donors (Lipinski definition) is 0. The maximum atomic E-state index is 5.01. The van der Waals surface area contributed by atoms with E-state index in [2.05, 4.69) is 9.97 Å². The minimum atomic E-state index is 0.490. The minimum absolute atomic E-state index is 0.490. The summed E-state index contributed by atoms with van der Waals surface area (Å²) in [6.45, 7) is 3.74. The van der Waals surface area contributed by atoms with Crippen molar-refractivity contribution in [3.05, 3.63) is 151 Å². The molecule has 0 aliphatic carbocycles. The van der Waals surface area contributed by atoms with Gasteiger partial charge in [-0.15, -0.1) is 0 Å². The molecule has 8 rings (SSSR count). The fourth-order valence-corrected chi connectivity index (χ4v) is 5.61. The van der Waals surface area contributed by atoms with Crippen molar-refractivity contribution in [3.63, 3.8) is 0 Å². The van der Waals surface area contributed by atoms with E-state index in [9.17, 15) is 0 Å². The highest BCUT2D eigenvalue weighted by atomic mass is 15.1. The molecule has 3 aromatic heterocycles. The Kier molecular flexibility index (Phi) is 8.12. The highest BCUT2D eigenvalue weighted by Gasteiger charge is 2.18. The molecule has 0 atom stereocenters. The molecule has 0 spiro atoms. The lowest BCUT2D eigenvalue weighted by Crippen LogP contribution is -2.03. The molecule has 0 saturated heterocycles. The van der Waals surface area contributed by atoms with Gasteiger partial charge < -0.3 is 0 Å². The summed E-state index contributed by atoms with van der Waals surface area (Å²) in [5, 5.41) is 0. The van der Waals surface area contributed by atoms with Crippen molar-refractivity contribution >= 4 is 0 Å². The van der Waals surface area contributed by atoms with Crippen molar-refractivity contribution in [1.29, 1.82) is 0 Å². The first kappa shape index (κ1) is 30.5. The lowest BCUT2D eigenvalue weighted by atomic mass is 10.0. The van der Waals surface area contributed by atoms with Crippen LogP contribution in [0.1, 0.15) is 11.6 Å². The standard InChI is InChI=1S/C41H29N9/c1-26-42-35(28-15-7-3-8-16-28)46-39(44-26)32-23-33(40-45-27(2)43-36(47-40)29-17-9-4-10-18-29)25-34(24-32)41-49-37(30-19-11-5-12-20-30)48-38(50-41)31-21-13-6-14-22-31/h3-25H,1-2H3. The van der Waals surface area contributed by atoms with Crippen LogP contribution in [0.2, 0.25) is 0 Å². The normalized spacial score (nSPS) is 11.0. The molecule has 0 bridgehead atoms. The second-order valence-corrected chi connectivity index (χ2v) is 11.6. The Morgan fingerprint density at radius 1 is 0.240 bits per heavy atom.